The summed E-state index contributed by atoms with van der Waals surface area (Å²) in [6.07, 6.45) is 0. The zero-order chi connectivity index (χ0) is 25.1. The lowest BCUT2D eigenvalue weighted by atomic mass is 10.2. The molecule has 2 aromatic carbocycles. The fourth-order valence-corrected chi connectivity index (χ4v) is 4.59. The fraction of sp³-hybridized carbons (Fsp3) is 0.375. The van der Waals surface area contributed by atoms with Crippen molar-refractivity contribution < 1.29 is 19.1 Å². The lowest BCUT2D eigenvalue weighted by Crippen LogP contribution is -2.50. The highest BCUT2D eigenvalue weighted by atomic mass is 35.5. The summed E-state index contributed by atoms with van der Waals surface area (Å²) in [6, 6.07) is 10.5. The summed E-state index contributed by atoms with van der Waals surface area (Å²) < 4.78 is 13.0. The van der Waals surface area contributed by atoms with Gasteiger partial charge in [0.05, 0.1) is 29.8 Å². The number of benzene rings is 2. The number of methoxy groups -OCH3 is 1. The summed E-state index contributed by atoms with van der Waals surface area (Å²) in [6.45, 7) is 3.78. The third-order valence-electron chi connectivity index (χ3n) is 6.00. The first kappa shape index (κ1) is 24.9. The number of fused-ring (bicyclic) bond motifs is 1. The standard InChI is InChI=1S/C24H26Cl2N4O5/c1-3-35-23(32)15-30-19-7-4-16(25)12-20(19)29(24(30)33)14-22(31)28-10-8-27(9-11-28)17-5-6-18(26)21(13-17)34-2/h4-7,12-13H,3,8-11,14-15H2,1-2H3. The van der Waals surface area contributed by atoms with Crippen LogP contribution in [0, 0.1) is 0 Å². The highest BCUT2D eigenvalue weighted by Crippen LogP contribution is 2.30. The van der Waals surface area contributed by atoms with Gasteiger partial charge < -0.3 is 19.3 Å². The molecule has 0 spiro atoms. The van der Waals surface area contributed by atoms with Crippen molar-refractivity contribution in [3.63, 3.8) is 0 Å². The van der Waals surface area contributed by atoms with Crippen molar-refractivity contribution in [2.45, 2.75) is 20.0 Å². The number of amides is 1. The SMILES string of the molecule is CCOC(=O)Cn1c(=O)n(CC(=O)N2CCN(c3ccc(Cl)c(OC)c3)CC2)c2cc(Cl)ccc21. The molecule has 0 atom stereocenters. The van der Waals surface area contributed by atoms with E-state index in [0.717, 1.165) is 5.69 Å². The molecule has 0 radical (unpaired) electrons. The molecule has 1 amide bonds. The van der Waals surface area contributed by atoms with E-state index in [1.807, 2.05) is 12.1 Å². The number of piperazine rings is 1. The zero-order valence-corrected chi connectivity index (χ0v) is 21.0. The highest BCUT2D eigenvalue weighted by Gasteiger charge is 2.24. The second-order valence-corrected chi connectivity index (χ2v) is 8.92. The summed E-state index contributed by atoms with van der Waals surface area (Å²) in [5.41, 5.74) is 1.51. The zero-order valence-electron chi connectivity index (χ0n) is 19.5. The molecule has 4 rings (SSSR count). The largest absolute Gasteiger partial charge is 0.495 e. The number of anilines is 1. The van der Waals surface area contributed by atoms with Gasteiger partial charge in [0.25, 0.3) is 0 Å². The number of hydrogen-bond acceptors (Lipinski definition) is 6. The first-order valence-corrected chi connectivity index (χ1v) is 12.0. The van der Waals surface area contributed by atoms with Crippen LogP contribution in [0.4, 0.5) is 5.69 Å². The van der Waals surface area contributed by atoms with Crippen LogP contribution in [0.25, 0.3) is 11.0 Å². The number of imidazole rings is 1. The molecule has 0 saturated carbocycles. The molecule has 35 heavy (non-hydrogen) atoms. The molecule has 9 nitrogen and oxygen atoms in total. The Morgan fingerprint density at radius 2 is 1.66 bits per heavy atom. The Bertz CT molecular complexity index is 1310. The third-order valence-corrected chi connectivity index (χ3v) is 6.55. The molecular formula is C24H26Cl2N4O5. The Morgan fingerprint density at radius 3 is 2.34 bits per heavy atom. The summed E-state index contributed by atoms with van der Waals surface area (Å²) in [4.78, 5) is 42.2. The van der Waals surface area contributed by atoms with Crippen molar-refractivity contribution in [3.05, 3.63) is 56.9 Å². The molecule has 0 aliphatic carbocycles. The van der Waals surface area contributed by atoms with Crippen LogP contribution in [0.3, 0.4) is 0 Å². The second-order valence-electron chi connectivity index (χ2n) is 8.08. The molecule has 0 bridgehead atoms. The third kappa shape index (κ3) is 5.26. The predicted molar refractivity (Wildman–Crippen MR) is 135 cm³/mol. The number of hydrogen-bond donors (Lipinski definition) is 0. The minimum atomic E-state index is -0.523. The number of ether oxygens (including phenoxy) is 2. The molecule has 3 aromatic rings. The molecule has 11 heteroatoms. The van der Waals surface area contributed by atoms with Gasteiger partial charge in [-0.05, 0) is 37.3 Å². The number of carbonyl (C=O) groups excluding carboxylic acids is 2. The van der Waals surface area contributed by atoms with E-state index in [1.165, 1.54) is 9.13 Å². The number of rotatable bonds is 7. The fourth-order valence-electron chi connectivity index (χ4n) is 4.23. The number of aromatic nitrogens is 2. The van der Waals surface area contributed by atoms with Gasteiger partial charge in [-0.15, -0.1) is 0 Å². The van der Waals surface area contributed by atoms with Crippen LogP contribution < -0.4 is 15.3 Å². The normalized spacial score (nSPS) is 13.8. The van der Waals surface area contributed by atoms with Gasteiger partial charge in [-0.3, -0.25) is 18.7 Å². The minimum Gasteiger partial charge on any atom is -0.495 e. The summed E-state index contributed by atoms with van der Waals surface area (Å²) in [5.74, 6) is -0.111. The number of halogens is 2. The molecule has 0 unspecified atom stereocenters. The first-order valence-electron chi connectivity index (χ1n) is 11.2. The quantitative estimate of drug-likeness (QED) is 0.445. The average molecular weight is 521 g/mol. The maximum absolute atomic E-state index is 13.2. The Hall–Kier alpha value is -3.17. The monoisotopic (exact) mass is 520 g/mol. The Labute approximate surface area is 212 Å². The van der Waals surface area contributed by atoms with E-state index in [0.29, 0.717) is 53.0 Å². The van der Waals surface area contributed by atoms with E-state index >= 15 is 0 Å². The van der Waals surface area contributed by atoms with Gasteiger partial charge in [0, 0.05) is 43.0 Å². The number of esters is 1. The van der Waals surface area contributed by atoms with Crippen molar-refractivity contribution in [2.75, 3.05) is 44.8 Å². The van der Waals surface area contributed by atoms with Crippen molar-refractivity contribution in [2.24, 2.45) is 0 Å². The van der Waals surface area contributed by atoms with Crippen LogP contribution in [0.15, 0.2) is 41.2 Å². The van der Waals surface area contributed by atoms with Crippen molar-refractivity contribution in [1.82, 2.24) is 14.0 Å². The van der Waals surface area contributed by atoms with Crippen LogP contribution >= 0.6 is 23.2 Å². The van der Waals surface area contributed by atoms with E-state index < -0.39 is 11.7 Å². The topological polar surface area (TPSA) is 86.0 Å². The van der Waals surface area contributed by atoms with E-state index in [2.05, 4.69) is 4.90 Å². The summed E-state index contributed by atoms with van der Waals surface area (Å²) in [5, 5.41) is 0.969. The van der Waals surface area contributed by atoms with Crippen LogP contribution in [0.5, 0.6) is 5.75 Å². The maximum Gasteiger partial charge on any atom is 0.330 e. The molecule has 186 valence electrons. The van der Waals surface area contributed by atoms with E-state index in [-0.39, 0.29) is 25.6 Å². The molecule has 1 aliphatic rings. The van der Waals surface area contributed by atoms with Gasteiger partial charge in [-0.25, -0.2) is 4.79 Å². The number of carbonyl (C=O) groups is 2. The van der Waals surface area contributed by atoms with Gasteiger partial charge in [0.1, 0.15) is 18.8 Å². The first-order chi connectivity index (χ1) is 16.8. The molecule has 1 saturated heterocycles. The van der Waals surface area contributed by atoms with Crippen molar-refractivity contribution in [1.29, 1.82) is 0 Å². The summed E-state index contributed by atoms with van der Waals surface area (Å²) in [7, 11) is 1.57. The molecule has 2 heterocycles. The Balaban J connectivity index is 1.50. The van der Waals surface area contributed by atoms with Crippen LogP contribution in [-0.2, 0) is 27.4 Å². The van der Waals surface area contributed by atoms with E-state index in [4.69, 9.17) is 32.7 Å². The Morgan fingerprint density at radius 1 is 0.943 bits per heavy atom. The van der Waals surface area contributed by atoms with Crippen LogP contribution in [0.1, 0.15) is 6.92 Å². The maximum atomic E-state index is 13.2. The molecule has 0 N–H and O–H groups in total. The van der Waals surface area contributed by atoms with Crippen LogP contribution in [0.2, 0.25) is 10.0 Å². The van der Waals surface area contributed by atoms with Gasteiger partial charge in [0.15, 0.2) is 0 Å². The molecular weight excluding hydrogens is 495 g/mol. The van der Waals surface area contributed by atoms with Gasteiger partial charge in [0.2, 0.25) is 5.91 Å². The lowest BCUT2D eigenvalue weighted by molar-refractivity contribution is -0.143. The number of nitrogens with zero attached hydrogens (tertiary/aromatic N) is 4. The smallest absolute Gasteiger partial charge is 0.330 e. The lowest BCUT2D eigenvalue weighted by Gasteiger charge is -2.36. The second kappa shape index (κ2) is 10.6. The van der Waals surface area contributed by atoms with Crippen LogP contribution in [-0.4, -0.2) is 65.8 Å². The van der Waals surface area contributed by atoms with Gasteiger partial charge in [-0.1, -0.05) is 23.2 Å². The predicted octanol–water partition coefficient (Wildman–Crippen LogP) is 3.03. The molecule has 1 fully saturated rings. The average Bonchev–Trinajstić information content (AvgIpc) is 3.09. The van der Waals surface area contributed by atoms with Gasteiger partial charge in [-0.2, -0.15) is 0 Å². The van der Waals surface area contributed by atoms with Crippen molar-refractivity contribution >= 4 is 51.8 Å². The molecule has 1 aliphatic heterocycles. The minimum absolute atomic E-state index is 0.153. The van der Waals surface area contributed by atoms with E-state index in [9.17, 15) is 14.4 Å². The summed E-state index contributed by atoms with van der Waals surface area (Å²) >= 11 is 12.3. The van der Waals surface area contributed by atoms with Crippen molar-refractivity contribution in [3.8, 4) is 5.75 Å². The molecule has 1 aromatic heterocycles. The van der Waals surface area contributed by atoms with E-state index in [1.54, 1.807) is 43.2 Å². The Kier molecular flexibility index (Phi) is 7.57. The van der Waals surface area contributed by atoms with Gasteiger partial charge >= 0.3 is 11.7 Å². The highest BCUT2D eigenvalue weighted by molar-refractivity contribution is 6.32.